The van der Waals surface area contributed by atoms with Gasteiger partial charge in [-0.05, 0) is 41.8 Å². The number of sulfone groups is 1. The highest BCUT2D eigenvalue weighted by Crippen LogP contribution is 2.39. The Morgan fingerprint density at radius 3 is 2.17 bits per heavy atom. The van der Waals surface area contributed by atoms with Crippen molar-refractivity contribution in [2.45, 2.75) is 36.3 Å². The van der Waals surface area contributed by atoms with E-state index in [1.807, 2.05) is 0 Å². The number of hydrogen-bond donors (Lipinski definition) is 0. The third-order valence-electron chi connectivity index (χ3n) is 6.21. The lowest BCUT2D eigenvalue weighted by atomic mass is 10.1. The second kappa shape index (κ2) is 10.6. The van der Waals surface area contributed by atoms with Crippen LogP contribution in [-0.4, -0.2) is 28.2 Å². The highest BCUT2D eigenvalue weighted by atomic mass is 32.2. The van der Waals surface area contributed by atoms with Gasteiger partial charge in [0.2, 0.25) is 0 Å². The molecular weight excluding hydrogens is 556 g/mol. The SMILES string of the molecule is C=CC(C(C)C)S(=O)(=O)c1cccc(-c2ccc(-n3cc(C(F)(F)F)nc3-c3ccccc3C(F)(F)F)nc2)c1. The molecule has 1 atom stereocenters. The molecule has 0 spiro atoms. The quantitative estimate of drug-likeness (QED) is 0.167. The summed E-state index contributed by atoms with van der Waals surface area (Å²) in [5.41, 5.74) is -2.17. The van der Waals surface area contributed by atoms with E-state index < -0.39 is 50.1 Å². The van der Waals surface area contributed by atoms with Crippen LogP contribution in [0.15, 0.2) is 90.6 Å². The molecule has 12 heteroatoms. The smallest absolute Gasteiger partial charge is 0.283 e. The molecule has 0 bridgehead atoms. The molecule has 0 saturated carbocycles. The van der Waals surface area contributed by atoms with Crippen molar-refractivity contribution in [1.29, 1.82) is 0 Å². The molecule has 0 aliphatic heterocycles. The molecule has 4 aromatic rings. The largest absolute Gasteiger partial charge is 0.434 e. The number of alkyl halides is 6. The van der Waals surface area contributed by atoms with Gasteiger partial charge in [0.1, 0.15) is 11.6 Å². The molecule has 2 aromatic heterocycles. The van der Waals surface area contributed by atoms with Gasteiger partial charge in [0, 0.05) is 23.5 Å². The molecule has 0 N–H and O–H groups in total. The van der Waals surface area contributed by atoms with Crippen molar-refractivity contribution < 1.29 is 34.8 Å². The van der Waals surface area contributed by atoms with E-state index in [2.05, 4.69) is 16.5 Å². The summed E-state index contributed by atoms with van der Waals surface area (Å²) in [6.45, 7) is 7.15. The summed E-state index contributed by atoms with van der Waals surface area (Å²) >= 11 is 0. The zero-order valence-corrected chi connectivity index (χ0v) is 22.0. The van der Waals surface area contributed by atoms with Crippen molar-refractivity contribution >= 4 is 9.84 Å². The Kier molecular flexibility index (Phi) is 7.68. The van der Waals surface area contributed by atoms with Gasteiger partial charge in [-0.15, -0.1) is 6.58 Å². The van der Waals surface area contributed by atoms with Crippen molar-refractivity contribution in [1.82, 2.24) is 14.5 Å². The fourth-order valence-electron chi connectivity index (χ4n) is 4.27. The van der Waals surface area contributed by atoms with Gasteiger partial charge in [0.05, 0.1) is 15.7 Å². The van der Waals surface area contributed by atoms with Crippen LogP contribution in [0, 0.1) is 5.92 Å². The number of imidazole rings is 1. The van der Waals surface area contributed by atoms with Crippen LogP contribution in [-0.2, 0) is 22.2 Å². The van der Waals surface area contributed by atoms with E-state index in [0.717, 1.165) is 22.8 Å². The number of rotatable bonds is 7. The van der Waals surface area contributed by atoms with Crippen LogP contribution >= 0.6 is 0 Å². The van der Waals surface area contributed by atoms with E-state index in [-0.39, 0.29) is 16.6 Å². The average Bonchev–Trinajstić information content (AvgIpc) is 3.35. The Hall–Kier alpha value is -3.93. The minimum atomic E-state index is -4.92. The first-order valence-electron chi connectivity index (χ1n) is 11.9. The van der Waals surface area contributed by atoms with Crippen molar-refractivity contribution in [3.05, 3.63) is 97.0 Å². The monoisotopic (exact) mass is 579 g/mol. The van der Waals surface area contributed by atoms with Gasteiger partial charge in [-0.25, -0.2) is 18.4 Å². The molecule has 0 aliphatic rings. The van der Waals surface area contributed by atoms with E-state index in [1.54, 1.807) is 26.0 Å². The lowest BCUT2D eigenvalue weighted by Crippen LogP contribution is -2.24. The van der Waals surface area contributed by atoms with E-state index in [9.17, 15) is 34.8 Å². The molecule has 0 amide bonds. The summed E-state index contributed by atoms with van der Waals surface area (Å²) in [7, 11) is -3.74. The number of nitrogens with zero attached hydrogens (tertiary/aromatic N) is 3. The minimum Gasteiger partial charge on any atom is -0.283 e. The number of hydrogen-bond acceptors (Lipinski definition) is 4. The molecule has 4 rings (SSSR count). The third kappa shape index (κ3) is 5.67. The number of benzene rings is 2. The summed E-state index contributed by atoms with van der Waals surface area (Å²) in [6.07, 6.45) is -6.51. The fourth-order valence-corrected chi connectivity index (χ4v) is 6.12. The average molecular weight is 580 g/mol. The molecule has 0 aliphatic carbocycles. The van der Waals surface area contributed by atoms with Gasteiger partial charge in [-0.1, -0.05) is 50.3 Å². The van der Waals surface area contributed by atoms with E-state index in [0.29, 0.717) is 17.3 Å². The van der Waals surface area contributed by atoms with Crippen LogP contribution in [0.2, 0.25) is 0 Å². The van der Waals surface area contributed by atoms with Crippen molar-refractivity contribution in [2.24, 2.45) is 5.92 Å². The normalized spacial score (nSPS) is 13.4. The third-order valence-corrected chi connectivity index (χ3v) is 8.57. The molecule has 2 aromatic carbocycles. The van der Waals surface area contributed by atoms with Gasteiger partial charge in [0.15, 0.2) is 15.5 Å². The standard InChI is InChI=1S/C28H23F6N3O2S/c1-4-23(17(2)3)40(38,39)20-9-7-8-18(14-20)19-12-13-25(35-15-19)37-16-24(28(32,33)34)36-26(37)21-10-5-6-11-22(21)27(29,30)31/h4-17,23H,1H2,2-3H3. The van der Waals surface area contributed by atoms with Gasteiger partial charge >= 0.3 is 12.4 Å². The molecule has 5 nitrogen and oxygen atoms in total. The number of aromatic nitrogens is 3. The van der Waals surface area contributed by atoms with Crippen molar-refractivity contribution in [3.63, 3.8) is 0 Å². The molecule has 0 fully saturated rings. The highest BCUT2D eigenvalue weighted by molar-refractivity contribution is 7.92. The van der Waals surface area contributed by atoms with E-state index in [1.165, 1.54) is 42.6 Å². The van der Waals surface area contributed by atoms with Crippen molar-refractivity contribution in [2.75, 3.05) is 0 Å². The van der Waals surface area contributed by atoms with Crippen LogP contribution in [0.4, 0.5) is 26.3 Å². The summed E-state index contributed by atoms with van der Waals surface area (Å²) in [6, 6.07) is 13.1. The maximum Gasteiger partial charge on any atom is 0.434 e. The predicted molar refractivity (Wildman–Crippen MR) is 138 cm³/mol. The van der Waals surface area contributed by atoms with Gasteiger partial charge in [-0.3, -0.25) is 4.57 Å². The molecule has 210 valence electrons. The van der Waals surface area contributed by atoms with Crippen LogP contribution in [0.3, 0.4) is 0 Å². The van der Waals surface area contributed by atoms with Crippen molar-refractivity contribution in [3.8, 4) is 28.3 Å². The van der Waals surface area contributed by atoms with Crippen LogP contribution < -0.4 is 0 Å². The Morgan fingerprint density at radius 1 is 0.900 bits per heavy atom. The lowest BCUT2D eigenvalue weighted by Gasteiger charge is -2.18. The Labute approximate surface area is 226 Å². The summed E-state index contributed by atoms with van der Waals surface area (Å²) < 4.78 is 109. The lowest BCUT2D eigenvalue weighted by molar-refractivity contribution is -0.140. The zero-order chi connectivity index (χ0) is 29.5. The maximum atomic E-state index is 13.7. The second-order valence-electron chi connectivity index (χ2n) is 9.28. The second-order valence-corrected chi connectivity index (χ2v) is 11.4. The molecule has 2 heterocycles. The number of pyridine rings is 1. The van der Waals surface area contributed by atoms with E-state index in [4.69, 9.17) is 0 Å². The fraction of sp³-hybridized carbons (Fsp3) is 0.214. The first-order valence-corrected chi connectivity index (χ1v) is 13.5. The summed E-state index contributed by atoms with van der Waals surface area (Å²) in [5, 5.41) is -0.815. The van der Waals surface area contributed by atoms with Gasteiger partial charge < -0.3 is 0 Å². The number of halogens is 6. The minimum absolute atomic E-state index is 0.0585. The van der Waals surface area contributed by atoms with Crippen LogP contribution in [0.25, 0.3) is 28.3 Å². The van der Waals surface area contributed by atoms with Crippen LogP contribution in [0.5, 0.6) is 0 Å². The molecule has 1 unspecified atom stereocenters. The zero-order valence-electron chi connectivity index (χ0n) is 21.2. The highest BCUT2D eigenvalue weighted by Gasteiger charge is 2.38. The van der Waals surface area contributed by atoms with Gasteiger partial charge in [0.25, 0.3) is 0 Å². The first-order chi connectivity index (χ1) is 18.6. The predicted octanol–water partition coefficient (Wildman–Crippen LogP) is 7.62. The van der Waals surface area contributed by atoms with E-state index >= 15 is 0 Å². The van der Waals surface area contributed by atoms with Gasteiger partial charge in [-0.2, -0.15) is 26.3 Å². The summed E-state index contributed by atoms with van der Waals surface area (Å²) in [4.78, 5) is 7.72. The first kappa shape index (κ1) is 29.1. The molecule has 0 radical (unpaired) electrons. The Morgan fingerprint density at radius 2 is 1.60 bits per heavy atom. The Bertz CT molecular complexity index is 1640. The summed E-state index contributed by atoms with van der Waals surface area (Å²) in [5.74, 6) is -0.924. The maximum absolute atomic E-state index is 13.7. The topological polar surface area (TPSA) is 64.8 Å². The Balaban J connectivity index is 1.79. The molecule has 40 heavy (non-hydrogen) atoms. The molecular formula is C28H23F6N3O2S. The molecule has 0 saturated heterocycles. The van der Waals surface area contributed by atoms with Crippen LogP contribution in [0.1, 0.15) is 25.1 Å².